The van der Waals surface area contributed by atoms with Crippen molar-refractivity contribution in [1.82, 2.24) is 9.97 Å². The second-order valence-electron chi connectivity index (χ2n) is 5.21. The zero-order chi connectivity index (χ0) is 22.1. The fraction of sp³-hybridized carbons (Fsp3) is 0.455. The van der Waals surface area contributed by atoms with Gasteiger partial charge in [0.25, 0.3) is 0 Å². The molecule has 0 fully saturated rings. The SMILES string of the molecule is CC.CC.CC(C)c1nc(C(=O)c2c[nH]c3ccccc23)cs1.CCN.CN. The fourth-order valence-electron chi connectivity index (χ4n) is 2.05. The molecule has 0 saturated heterocycles. The number of carbonyl (C=O) groups excluding carboxylic acids is 1. The summed E-state index contributed by atoms with van der Waals surface area (Å²) in [7, 11) is 1.50. The molecule has 5 nitrogen and oxygen atoms in total. The molecule has 0 atom stereocenters. The molecule has 3 rings (SSSR count). The van der Waals surface area contributed by atoms with Crippen molar-refractivity contribution in [3.05, 3.63) is 52.1 Å². The maximum absolute atomic E-state index is 12.5. The monoisotopic (exact) mass is 406 g/mol. The lowest BCUT2D eigenvalue weighted by atomic mass is 10.1. The van der Waals surface area contributed by atoms with Crippen LogP contribution in [0.25, 0.3) is 10.9 Å². The lowest BCUT2D eigenvalue weighted by Gasteiger charge is -1.97. The van der Waals surface area contributed by atoms with E-state index in [1.165, 1.54) is 7.05 Å². The average molecular weight is 407 g/mol. The Morgan fingerprint density at radius 2 is 1.68 bits per heavy atom. The number of rotatable bonds is 3. The predicted octanol–water partition coefficient (Wildman–Crippen LogP) is 5.57. The number of nitrogens with zero attached hydrogens (tertiary/aromatic N) is 1. The summed E-state index contributed by atoms with van der Waals surface area (Å²) in [6.07, 6.45) is 1.77. The molecular weight excluding hydrogens is 368 g/mol. The molecule has 2 heterocycles. The van der Waals surface area contributed by atoms with Crippen LogP contribution in [0.1, 0.15) is 75.4 Å². The third kappa shape index (κ3) is 8.33. The number of fused-ring (bicyclic) bond motifs is 1. The van der Waals surface area contributed by atoms with Crippen molar-refractivity contribution in [2.45, 2.75) is 54.4 Å². The van der Waals surface area contributed by atoms with Gasteiger partial charge in [-0.15, -0.1) is 11.3 Å². The van der Waals surface area contributed by atoms with Crippen molar-refractivity contribution in [1.29, 1.82) is 0 Å². The van der Waals surface area contributed by atoms with Crippen LogP contribution in [0, 0.1) is 0 Å². The minimum Gasteiger partial charge on any atom is -0.360 e. The Balaban J connectivity index is 0. The van der Waals surface area contributed by atoms with Crippen LogP contribution in [0.4, 0.5) is 0 Å². The highest BCUT2D eigenvalue weighted by molar-refractivity contribution is 7.10. The van der Waals surface area contributed by atoms with Gasteiger partial charge in [0.2, 0.25) is 5.78 Å². The van der Waals surface area contributed by atoms with Gasteiger partial charge in [-0.2, -0.15) is 0 Å². The summed E-state index contributed by atoms with van der Waals surface area (Å²) in [6, 6.07) is 7.81. The molecular formula is C22H38N4OS. The van der Waals surface area contributed by atoms with E-state index >= 15 is 0 Å². The fourth-order valence-corrected chi connectivity index (χ4v) is 2.87. The number of hydrogen-bond donors (Lipinski definition) is 3. The van der Waals surface area contributed by atoms with E-state index in [4.69, 9.17) is 5.73 Å². The van der Waals surface area contributed by atoms with Crippen molar-refractivity contribution < 1.29 is 4.79 Å². The molecule has 5 N–H and O–H groups in total. The quantitative estimate of drug-likeness (QED) is 0.495. The molecule has 3 aromatic rings. The second-order valence-corrected chi connectivity index (χ2v) is 6.10. The minimum atomic E-state index is -0.0133. The van der Waals surface area contributed by atoms with E-state index in [1.807, 2.05) is 64.3 Å². The van der Waals surface area contributed by atoms with Crippen molar-refractivity contribution in [2.24, 2.45) is 11.5 Å². The second kappa shape index (κ2) is 17.1. The van der Waals surface area contributed by atoms with Gasteiger partial charge >= 0.3 is 0 Å². The lowest BCUT2D eigenvalue weighted by molar-refractivity contribution is 0.103. The number of hydrogen-bond acceptors (Lipinski definition) is 5. The summed E-state index contributed by atoms with van der Waals surface area (Å²) < 4.78 is 0. The summed E-state index contributed by atoms with van der Waals surface area (Å²) >= 11 is 1.55. The summed E-state index contributed by atoms with van der Waals surface area (Å²) in [6.45, 7) is 14.8. The number of benzene rings is 1. The number of nitrogens with one attached hydrogen (secondary N) is 1. The molecule has 0 bridgehead atoms. The number of carbonyl (C=O) groups is 1. The topological polar surface area (TPSA) is 97.8 Å². The Kier molecular flexibility index (Phi) is 17.2. The first-order chi connectivity index (χ1) is 13.6. The molecule has 1 aromatic carbocycles. The van der Waals surface area contributed by atoms with Crippen molar-refractivity contribution in [3.63, 3.8) is 0 Å². The van der Waals surface area contributed by atoms with Crippen LogP contribution in [-0.4, -0.2) is 29.3 Å². The summed E-state index contributed by atoms with van der Waals surface area (Å²) in [5, 5.41) is 3.80. The molecule has 0 amide bonds. The first-order valence-electron chi connectivity index (χ1n) is 9.92. The molecule has 0 spiro atoms. The Bertz CT molecular complexity index is 763. The molecule has 0 aliphatic rings. The molecule has 0 aliphatic carbocycles. The zero-order valence-electron chi connectivity index (χ0n) is 18.7. The van der Waals surface area contributed by atoms with Crippen LogP contribution in [0.2, 0.25) is 0 Å². The number of para-hydroxylation sites is 1. The summed E-state index contributed by atoms with van der Waals surface area (Å²) in [4.78, 5) is 20.0. The molecule has 158 valence electrons. The highest BCUT2D eigenvalue weighted by Gasteiger charge is 2.17. The Hall–Kier alpha value is -2.02. The van der Waals surface area contributed by atoms with Gasteiger partial charge < -0.3 is 16.5 Å². The average Bonchev–Trinajstić information content (AvgIpc) is 3.40. The van der Waals surface area contributed by atoms with Crippen LogP contribution < -0.4 is 11.5 Å². The first-order valence-corrected chi connectivity index (χ1v) is 10.8. The van der Waals surface area contributed by atoms with Crippen LogP contribution >= 0.6 is 11.3 Å². The zero-order valence-corrected chi connectivity index (χ0v) is 19.5. The van der Waals surface area contributed by atoms with E-state index in [9.17, 15) is 4.79 Å². The van der Waals surface area contributed by atoms with Crippen molar-refractivity contribution in [3.8, 4) is 0 Å². The van der Waals surface area contributed by atoms with Gasteiger partial charge in [0.15, 0.2) is 0 Å². The van der Waals surface area contributed by atoms with E-state index in [1.54, 1.807) is 17.5 Å². The number of aromatic amines is 1. The van der Waals surface area contributed by atoms with Crippen LogP contribution in [0.3, 0.4) is 0 Å². The molecule has 28 heavy (non-hydrogen) atoms. The molecule has 0 aliphatic heterocycles. The largest absolute Gasteiger partial charge is 0.360 e. The number of thiazole rings is 1. The van der Waals surface area contributed by atoms with E-state index in [0.717, 1.165) is 22.5 Å². The minimum absolute atomic E-state index is 0.0133. The molecule has 6 heteroatoms. The Morgan fingerprint density at radius 3 is 2.18 bits per heavy atom. The number of aromatic nitrogens is 2. The van der Waals surface area contributed by atoms with Crippen molar-refractivity contribution >= 4 is 28.0 Å². The third-order valence-electron chi connectivity index (χ3n) is 3.08. The molecule has 2 aromatic heterocycles. The van der Waals surface area contributed by atoms with Gasteiger partial charge in [-0.25, -0.2) is 4.98 Å². The first kappa shape index (κ1) is 28.2. The maximum atomic E-state index is 12.5. The number of nitrogens with two attached hydrogens (primary N) is 2. The number of ketones is 1. The third-order valence-corrected chi connectivity index (χ3v) is 4.23. The van der Waals surface area contributed by atoms with Crippen molar-refractivity contribution in [2.75, 3.05) is 13.6 Å². The number of H-pyrrole nitrogens is 1. The van der Waals surface area contributed by atoms with E-state index in [2.05, 4.69) is 29.5 Å². The highest BCUT2D eigenvalue weighted by atomic mass is 32.1. The highest BCUT2D eigenvalue weighted by Crippen LogP contribution is 2.24. The predicted molar refractivity (Wildman–Crippen MR) is 125 cm³/mol. The maximum Gasteiger partial charge on any atom is 0.214 e. The lowest BCUT2D eigenvalue weighted by Crippen LogP contribution is -2.01. The Labute approximate surface area is 174 Å². The van der Waals surface area contributed by atoms with Gasteiger partial charge in [-0.1, -0.05) is 66.7 Å². The Morgan fingerprint density at radius 1 is 1.14 bits per heavy atom. The molecule has 0 saturated carbocycles. The van der Waals surface area contributed by atoms with Gasteiger partial charge in [0.1, 0.15) is 5.69 Å². The van der Waals surface area contributed by atoms with Crippen LogP contribution in [-0.2, 0) is 0 Å². The van der Waals surface area contributed by atoms with E-state index in [-0.39, 0.29) is 5.78 Å². The summed E-state index contributed by atoms with van der Waals surface area (Å²) in [5.41, 5.74) is 11.6. The smallest absolute Gasteiger partial charge is 0.214 e. The normalized spacial score (nSPS) is 8.96. The molecule has 0 unspecified atom stereocenters. The van der Waals surface area contributed by atoms with E-state index < -0.39 is 0 Å². The molecule has 0 radical (unpaired) electrons. The van der Waals surface area contributed by atoms with E-state index in [0.29, 0.717) is 17.2 Å². The standard InChI is InChI=1S/C15H14N2OS.C2H7N.2C2H6.CH5N/c1-9(2)15-17-13(8-19-15)14(18)11-7-16-12-6-4-3-5-10(11)12;1-2-3;3*1-2/h3-9,16H,1-2H3;2-3H2,1H3;2*1-2H3;2H2,1H3. The van der Waals surface area contributed by atoms with Crippen LogP contribution in [0.15, 0.2) is 35.8 Å². The van der Waals surface area contributed by atoms with Gasteiger partial charge in [-0.3, -0.25) is 4.79 Å². The van der Waals surface area contributed by atoms with Gasteiger partial charge in [0, 0.05) is 34.0 Å². The van der Waals surface area contributed by atoms with Gasteiger partial charge in [0.05, 0.1) is 5.01 Å². The van der Waals surface area contributed by atoms with Crippen LogP contribution in [0.5, 0.6) is 0 Å². The summed E-state index contributed by atoms with van der Waals surface area (Å²) in [5.74, 6) is 0.343. The van der Waals surface area contributed by atoms with Gasteiger partial charge in [-0.05, 0) is 19.7 Å².